The smallest absolute Gasteiger partial charge is 0.169 e. The Bertz CT molecular complexity index is 3390. The number of hydrogen-bond donors (Lipinski definition) is 3. The zero-order valence-electron chi connectivity index (χ0n) is 35.3. The lowest BCUT2D eigenvalue weighted by Crippen LogP contribution is -2.44. The number of benzene rings is 9. The average Bonchev–Trinajstić information content (AvgIpc) is 3.76. The third-order valence-electron chi connectivity index (χ3n) is 12.6. The van der Waals surface area contributed by atoms with E-state index in [1.54, 1.807) is 0 Å². The van der Waals surface area contributed by atoms with Crippen LogP contribution >= 0.6 is 11.3 Å². The van der Waals surface area contributed by atoms with Crippen LogP contribution in [0.25, 0.3) is 58.5 Å². The lowest BCUT2D eigenvalue weighted by Gasteiger charge is -2.51. The minimum Gasteiger partial charge on any atom is -0.624 e. The fourth-order valence-corrected chi connectivity index (χ4v) is 10.5. The second-order valence-corrected chi connectivity index (χ2v) is 17.7. The van der Waals surface area contributed by atoms with E-state index in [4.69, 9.17) is 15.3 Å². The van der Waals surface area contributed by atoms with Gasteiger partial charge in [0.05, 0.1) is 6.17 Å². The second-order valence-electron chi connectivity index (χ2n) is 16.6. The van der Waals surface area contributed by atoms with Gasteiger partial charge >= 0.3 is 0 Å². The molecule has 4 unspecified atom stereocenters. The van der Waals surface area contributed by atoms with Crippen molar-refractivity contribution in [3.63, 3.8) is 0 Å². The fraction of sp³-hybridized carbons (Fsp3) is 0.0690. The van der Waals surface area contributed by atoms with Crippen molar-refractivity contribution in [2.24, 2.45) is 9.98 Å². The van der Waals surface area contributed by atoms with E-state index >= 15 is 0 Å². The van der Waals surface area contributed by atoms with Crippen LogP contribution in [-0.4, -0.2) is 11.7 Å². The van der Waals surface area contributed by atoms with Crippen molar-refractivity contribution in [2.45, 2.75) is 24.7 Å². The van der Waals surface area contributed by atoms with Gasteiger partial charge in [0.25, 0.3) is 0 Å². The van der Waals surface area contributed by atoms with Gasteiger partial charge in [-0.3, -0.25) is 0 Å². The number of fused-ring (bicyclic) bond motifs is 4. The predicted octanol–water partition coefficient (Wildman–Crippen LogP) is 14.0. The first-order valence-corrected chi connectivity index (χ1v) is 22.9. The van der Waals surface area contributed by atoms with Gasteiger partial charge in [-0.15, -0.1) is 11.3 Å². The normalized spacial score (nSPS) is 18.6. The van der Waals surface area contributed by atoms with Crippen LogP contribution in [0.5, 0.6) is 0 Å². The molecule has 312 valence electrons. The van der Waals surface area contributed by atoms with Crippen molar-refractivity contribution in [3.8, 4) is 22.3 Å². The summed E-state index contributed by atoms with van der Waals surface area (Å²) in [5.41, 5.74) is 11.0. The van der Waals surface area contributed by atoms with E-state index in [2.05, 4.69) is 210 Å². The van der Waals surface area contributed by atoms with Crippen molar-refractivity contribution in [3.05, 3.63) is 257 Å². The monoisotopic (exact) mass is 855 g/mol. The lowest BCUT2D eigenvalue weighted by atomic mass is 9.93. The first kappa shape index (κ1) is 39.1. The molecule has 3 N–H and O–H groups in total. The molecule has 7 heteroatoms. The van der Waals surface area contributed by atoms with Crippen molar-refractivity contribution in [1.29, 1.82) is 0 Å². The van der Waals surface area contributed by atoms with Gasteiger partial charge in [0.1, 0.15) is 11.7 Å². The maximum absolute atomic E-state index is 5.44. The van der Waals surface area contributed by atoms with Crippen LogP contribution in [0.4, 0.5) is 0 Å². The number of aliphatic imine (C=N–C) groups is 2. The molecule has 4 atom stereocenters. The highest BCUT2D eigenvalue weighted by Crippen LogP contribution is 2.44. The molecule has 3 heterocycles. The van der Waals surface area contributed by atoms with Crippen LogP contribution in [0, 0.1) is 0 Å². The molecule has 2 aliphatic heterocycles. The van der Waals surface area contributed by atoms with Crippen molar-refractivity contribution >= 4 is 54.0 Å². The molecule has 10 aromatic rings. The molecular formula is C58H43N6S-. The summed E-state index contributed by atoms with van der Waals surface area (Å²) in [6.45, 7) is 0. The van der Waals surface area contributed by atoms with Crippen LogP contribution in [0.1, 0.15) is 58.0 Å². The summed E-state index contributed by atoms with van der Waals surface area (Å²) in [4.78, 5) is 10.6. The highest BCUT2D eigenvalue weighted by molar-refractivity contribution is 7.25. The van der Waals surface area contributed by atoms with Gasteiger partial charge in [-0.25, -0.2) is 9.98 Å². The molecule has 9 aromatic carbocycles. The molecule has 1 saturated heterocycles. The van der Waals surface area contributed by atoms with Crippen LogP contribution in [0.3, 0.4) is 0 Å². The van der Waals surface area contributed by atoms with E-state index < -0.39 is 6.17 Å². The quantitative estimate of drug-likeness (QED) is 0.142. The molecule has 0 bridgehead atoms. The molecule has 0 aliphatic carbocycles. The summed E-state index contributed by atoms with van der Waals surface area (Å²) < 4.78 is 2.53. The number of hydrogen-bond acceptors (Lipinski definition) is 6. The summed E-state index contributed by atoms with van der Waals surface area (Å²) in [6, 6.07) is 77.4. The summed E-state index contributed by atoms with van der Waals surface area (Å²) in [5, 5.41) is 21.9. The molecule has 0 saturated carbocycles. The number of thiophene rings is 1. The molecule has 0 spiro atoms. The summed E-state index contributed by atoms with van der Waals surface area (Å²) in [7, 11) is 0. The number of nitrogens with zero attached hydrogens (tertiary/aromatic N) is 3. The molecule has 2 aliphatic rings. The molecule has 12 rings (SSSR count). The van der Waals surface area contributed by atoms with E-state index in [9.17, 15) is 0 Å². The van der Waals surface area contributed by atoms with Gasteiger partial charge in [-0.05, 0) is 67.9 Å². The van der Waals surface area contributed by atoms with Crippen LogP contribution in [-0.2, 0) is 0 Å². The Kier molecular flexibility index (Phi) is 10.2. The van der Waals surface area contributed by atoms with Crippen LogP contribution in [0.2, 0.25) is 0 Å². The van der Waals surface area contributed by atoms with Gasteiger partial charge in [0.15, 0.2) is 6.17 Å². The molecule has 65 heavy (non-hydrogen) atoms. The van der Waals surface area contributed by atoms with Crippen LogP contribution in [0.15, 0.2) is 228 Å². The molecular weight excluding hydrogens is 813 g/mol. The van der Waals surface area contributed by atoms with Gasteiger partial charge < -0.3 is 21.3 Å². The second kappa shape index (κ2) is 16.9. The van der Waals surface area contributed by atoms with E-state index in [1.165, 1.54) is 36.5 Å². The highest BCUT2D eigenvalue weighted by atomic mass is 32.1. The van der Waals surface area contributed by atoms with Crippen LogP contribution < -0.4 is 16.0 Å². The largest absolute Gasteiger partial charge is 0.624 e. The third kappa shape index (κ3) is 7.50. The minimum absolute atomic E-state index is 0.237. The highest BCUT2D eigenvalue weighted by Gasteiger charge is 2.27. The molecule has 1 fully saturated rings. The van der Waals surface area contributed by atoms with Gasteiger partial charge in [0, 0.05) is 31.3 Å². The summed E-state index contributed by atoms with van der Waals surface area (Å²) in [5.74, 6) is 1.58. The standard InChI is InChI=1S/C58H43N6S/c1-4-17-37(18-5-1)43-26-12-13-28-46(43)56-60-53(40-20-6-2-7-21-40)59-55(62-56)42-33-31-39(32-34-42)48-36-52-49(45-27-14-15-30-51(45)65-52)35-50(48)58-63-54(41-22-8-3-9-23-41)61-57(64-58)47-29-16-24-38-19-10-11-25-44(38)47/h1-36,54-55,57-58,63-64H,(H,59,60,62)/q-1. The molecule has 0 amide bonds. The van der Waals surface area contributed by atoms with E-state index in [0.29, 0.717) is 0 Å². The Morgan fingerprint density at radius 3 is 1.82 bits per heavy atom. The SMILES string of the molecule is c1ccc(C2=NC(c3ccc(-c4cc5sc6ccccc6c5cc4C4NC(c5ccccc5)[N-]C(c5cccc6ccccc56)N4)cc3)N=C(c3ccccc3-c3ccccc3)N2)cc1. The summed E-state index contributed by atoms with van der Waals surface area (Å²) >= 11 is 1.84. The van der Waals surface area contributed by atoms with Crippen molar-refractivity contribution in [2.75, 3.05) is 0 Å². The Labute approximate surface area is 382 Å². The van der Waals surface area contributed by atoms with Gasteiger partial charge in [-0.1, -0.05) is 218 Å². The Hall–Kier alpha value is -7.52. The Balaban J connectivity index is 0.973. The molecule has 6 nitrogen and oxygen atoms in total. The van der Waals surface area contributed by atoms with E-state index in [1.807, 2.05) is 35.6 Å². The maximum atomic E-state index is 5.44. The average molecular weight is 856 g/mol. The van der Waals surface area contributed by atoms with E-state index in [-0.39, 0.29) is 18.5 Å². The predicted molar refractivity (Wildman–Crippen MR) is 270 cm³/mol. The summed E-state index contributed by atoms with van der Waals surface area (Å²) in [6.07, 6.45) is -1.20. The first-order valence-electron chi connectivity index (χ1n) is 22.1. The third-order valence-corrected chi connectivity index (χ3v) is 13.7. The van der Waals surface area contributed by atoms with E-state index in [0.717, 1.165) is 61.7 Å². The first-order chi connectivity index (χ1) is 32.2. The zero-order valence-corrected chi connectivity index (χ0v) is 36.2. The van der Waals surface area contributed by atoms with Crippen molar-refractivity contribution in [1.82, 2.24) is 16.0 Å². The van der Waals surface area contributed by atoms with Gasteiger partial charge in [-0.2, -0.15) is 0 Å². The van der Waals surface area contributed by atoms with Crippen molar-refractivity contribution < 1.29 is 0 Å². The Morgan fingerprint density at radius 2 is 1.02 bits per heavy atom. The lowest BCUT2D eigenvalue weighted by molar-refractivity contribution is 0.318. The number of rotatable bonds is 8. The zero-order chi connectivity index (χ0) is 43.1. The number of nitrogens with one attached hydrogen (secondary N) is 3. The molecule has 1 aromatic heterocycles. The van der Waals surface area contributed by atoms with Gasteiger partial charge in [0.2, 0.25) is 0 Å². The topological polar surface area (TPSA) is 74.9 Å². The number of amidine groups is 2. The molecule has 0 radical (unpaired) electrons. The Morgan fingerprint density at radius 1 is 0.400 bits per heavy atom. The fourth-order valence-electron chi connectivity index (χ4n) is 9.40. The minimum atomic E-state index is -0.458. The maximum Gasteiger partial charge on any atom is 0.169 e.